The molecule has 3 atom stereocenters. The van der Waals surface area contributed by atoms with Gasteiger partial charge in [0.05, 0.1) is 34.9 Å². The largest absolute Gasteiger partial charge is 0.381 e. The zero-order valence-electron chi connectivity index (χ0n) is 26.3. The van der Waals surface area contributed by atoms with E-state index in [0.717, 1.165) is 36.7 Å². The van der Waals surface area contributed by atoms with E-state index in [1.54, 1.807) is 0 Å². The van der Waals surface area contributed by atoms with E-state index in [4.69, 9.17) is 0 Å². The van der Waals surface area contributed by atoms with Crippen molar-refractivity contribution in [3.8, 4) is 18.2 Å². The molecule has 43 heavy (non-hydrogen) atoms. The summed E-state index contributed by atoms with van der Waals surface area (Å²) in [4.78, 5) is 2.55. The van der Waals surface area contributed by atoms with Crippen LogP contribution in [-0.2, 0) is 0 Å². The minimum Gasteiger partial charge on any atom is -0.381 e. The topological polar surface area (TPSA) is 111 Å². The van der Waals surface area contributed by atoms with E-state index in [2.05, 4.69) is 80.6 Å². The molecule has 3 aromatic carbocycles. The average molecular weight is 576 g/mol. The van der Waals surface area contributed by atoms with Crippen LogP contribution < -0.4 is 16.0 Å². The van der Waals surface area contributed by atoms with Crippen molar-refractivity contribution < 1.29 is 0 Å². The van der Waals surface area contributed by atoms with Gasteiger partial charge < -0.3 is 16.0 Å². The maximum absolute atomic E-state index is 9.22. The number of anilines is 3. The van der Waals surface area contributed by atoms with Gasteiger partial charge in [0, 0.05) is 54.8 Å². The Balaban J connectivity index is 1.87. The van der Waals surface area contributed by atoms with Gasteiger partial charge in [-0.2, -0.15) is 15.8 Å². The average Bonchev–Trinajstić information content (AvgIpc) is 3.00. The highest BCUT2D eigenvalue weighted by Crippen LogP contribution is 2.21. The Hall–Kier alpha value is -4.51. The minimum absolute atomic E-state index is 0.179. The summed E-state index contributed by atoms with van der Waals surface area (Å²) in [5.74, 6) is 1.10. The van der Waals surface area contributed by atoms with Crippen LogP contribution in [0.5, 0.6) is 0 Å². The molecule has 0 unspecified atom stereocenters. The molecule has 0 fully saturated rings. The van der Waals surface area contributed by atoms with Crippen LogP contribution >= 0.6 is 0 Å². The van der Waals surface area contributed by atoms with Crippen molar-refractivity contribution in [2.24, 2.45) is 17.8 Å². The van der Waals surface area contributed by atoms with Crippen molar-refractivity contribution in [3.05, 3.63) is 89.5 Å². The second-order valence-electron chi connectivity index (χ2n) is 12.3. The quantitative estimate of drug-likeness (QED) is 0.174. The molecule has 7 heteroatoms. The van der Waals surface area contributed by atoms with E-state index < -0.39 is 0 Å². The molecule has 0 saturated carbocycles. The molecule has 0 aromatic heterocycles. The van der Waals surface area contributed by atoms with Crippen molar-refractivity contribution in [2.45, 2.75) is 59.7 Å². The number of benzene rings is 3. The summed E-state index contributed by atoms with van der Waals surface area (Å²) in [7, 11) is 0. The first-order valence-electron chi connectivity index (χ1n) is 15.1. The lowest BCUT2D eigenvalue weighted by molar-refractivity contribution is 0.204. The Bertz CT molecular complexity index is 1210. The van der Waals surface area contributed by atoms with Gasteiger partial charge in [0.15, 0.2) is 0 Å². The number of hydrogen-bond acceptors (Lipinski definition) is 7. The van der Waals surface area contributed by atoms with Crippen molar-refractivity contribution in [1.29, 1.82) is 15.8 Å². The molecule has 224 valence electrons. The standard InChI is InChI=1S/C36H45N7/c1-25(2)34(40-31-13-7-28(19-37)8-14-31)22-43(23-35(26(3)4)41-32-15-9-29(20-38)10-16-32)24-36(27(5)6)42-33-17-11-30(21-39)12-18-33/h7-18,25-27,34-36,40-42H,22-24H2,1-6H3/t34-,35-,36-/m1/s1. The van der Waals surface area contributed by atoms with Crippen LogP contribution in [0, 0.1) is 51.7 Å². The molecule has 0 bridgehead atoms. The minimum atomic E-state index is 0.179. The van der Waals surface area contributed by atoms with Crippen LogP contribution in [0.1, 0.15) is 58.2 Å². The molecule has 0 aliphatic rings. The summed E-state index contributed by atoms with van der Waals surface area (Å²) in [6.07, 6.45) is 0. The third-order valence-electron chi connectivity index (χ3n) is 7.88. The zero-order chi connectivity index (χ0) is 31.4. The molecular formula is C36H45N7. The van der Waals surface area contributed by atoms with E-state index in [9.17, 15) is 15.8 Å². The third-order valence-corrected chi connectivity index (χ3v) is 7.88. The summed E-state index contributed by atoms with van der Waals surface area (Å²) in [5.41, 5.74) is 4.96. The van der Waals surface area contributed by atoms with E-state index in [1.165, 1.54) is 0 Å². The summed E-state index contributed by atoms with van der Waals surface area (Å²) < 4.78 is 0. The van der Waals surface area contributed by atoms with Crippen LogP contribution in [0.2, 0.25) is 0 Å². The Morgan fingerprint density at radius 2 is 0.698 bits per heavy atom. The van der Waals surface area contributed by atoms with Gasteiger partial charge in [0.1, 0.15) is 0 Å². The van der Waals surface area contributed by atoms with Gasteiger partial charge >= 0.3 is 0 Å². The van der Waals surface area contributed by atoms with Gasteiger partial charge in [-0.1, -0.05) is 41.5 Å². The fourth-order valence-electron chi connectivity index (χ4n) is 4.89. The Morgan fingerprint density at radius 3 is 0.884 bits per heavy atom. The predicted octanol–water partition coefficient (Wildman–Crippen LogP) is 7.31. The molecule has 3 aromatic rings. The maximum atomic E-state index is 9.22. The lowest BCUT2D eigenvalue weighted by Gasteiger charge is -2.38. The van der Waals surface area contributed by atoms with Crippen LogP contribution in [0.25, 0.3) is 0 Å². The highest BCUT2D eigenvalue weighted by Gasteiger charge is 2.26. The summed E-state index contributed by atoms with van der Waals surface area (Å²) >= 11 is 0. The highest BCUT2D eigenvalue weighted by molar-refractivity contribution is 5.50. The van der Waals surface area contributed by atoms with Crippen molar-refractivity contribution >= 4 is 17.1 Å². The van der Waals surface area contributed by atoms with Gasteiger partial charge in [-0.3, -0.25) is 4.90 Å². The smallest absolute Gasteiger partial charge is 0.0991 e. The van der Waals surface area contributed by atoms with Gasteiger partial charge in [-0.05, 0) is 90.6 Å². The first kappa shape index (κ1) is 33.0. The predicted molar refractivity (Wildman–Crippen MR) is 177 cm³/mol. The van der Waals surface area contributed by atoms with E-state index in [1.807, 2.05) is 72.8 Å². The molecule has 0 heterocycles. The Morgan fingerprint density at radius 1 is 0.465 bits per heavy atom. The van der Waals surface area contributed by atoms with Gasteiger partial charge in [-0.15, -0.1) is 0 Å². The highest BCUT2D eigenvalue weighted by atomic mass is 15.2. The van der Waals surface area contributed by atoms with E-state index in [-0.39, 0.29) is 18.1 Å². The summed E-state index contributed by atoms with van der Waals surface area (Å²) in [5, 5.41) is 38.9. The van der Waals surface area contributed by atoms with Crippen LogP contribution in [0.3, 0.4) is 0 Å². The molecule has 0 spiro atoms. The van der Waals surface area contributed by atoms with Crippen molar-refractivity contribution in [1.82, 2.24) is 4.90 Å². The molecule has 0 saturated heterocycles. The van der Waals surface area contributed by atoms with E-state index in [0.29, 0.717) is 34.4 Å². The van der Waals surface area contributed by atoms with Gasteiger partial charge in [0.2, 0.25) is 0 Å². The number of nitrogens with one attached hydrogen (secondary N) is 3. The molecular weight excluding hydrogens is 530 g/mol. The summed E-state index contributed by atoms with van der Waals surface area (Å²) in [6.45, 7) is 15.9. The second kappa shape index (κ2) is 16.2. The SMILES string of the molecule is CC(C)[C@@H](CN(C[C@@H](Nc1ccc(C#N)cc1)C(C)C)C[C@@H](Nc1ccc(C#N)cc1)C(C)C)Nc1ccc(C#N)cc1. The molecule has 0 radical (unpaired) electrons. The fraction of sp³-hybridized carbons (Fsp3) is 0.417. The molecule has 3 rings (SSSR count). The lowest BCUT2D eigenvalue weighted by atomic mass is 9.97. The molecule has 0 amide bonds. The maximum Gasteiger partial charge on any atom is 0.0991 e. The Labute approximate surface area is 258 Å². The summed E-state index contributed by atoms with van der Waals surface area (Å²) in [6, 6.07) is 30.1. The number of nitriles is 3. The molecule has 0 aliphatic heterocycles. The van der Waals surface area contributed by atoms with Gasteiger partial charge in [0.25, 0.3) is 0 Å². The van der Waals surface area contributed by atoms with Crippen LogP contribution in [-0.4, -0.2) is 42.7 Å². The van der Waals surface area contributed by atoms with Crippen LogP contribution in [0.4, 0.5) is 17.1 Å². The normalized spacial score (nSPS) is 13.2. The molecule has 3 N–H and O–H groups in total. The van der Waals surface area contributed by atoms with E-state index >= 15 is 0 Å². The Kier molecular flexibility index (Phi) is 12.4. The number of nitrogens with zero attached hydrogens (tertiary/aromatic N) is 4. The monoisotopic (exact) mass is 575 g/mol. The lowest BCUT2D eigenvalue weighted by Crippen LogP contribution is -2.50. The number of hydrogen-bond donors (Lipinski definition) is 3. The first-order valence-corrected chi connectivity index (χ1v) is 15.1. The van der Waals surface area contributed by atoms with Gasteiger partial charge in [-0.25, -0.2) is 0 Å². The molecule has 7 nitrogen and oxygen atoms in total. The fourth-order valence-corrected chi connectivity index (χ4v) is 4.89. The second-order valence-corrected chi connectivity index (χ2v) is 12.3. The zero-order valence-corrected chi connectivity index (χ0v) is 26.3. The van der Waals surface area contributed by atoms with Crippen LogP contribution in [0.15, 0.2) is 72.8 Å². The third kappa shape index (κ3) is 10.4. The molecule has 0 aliphatic carbocycles. The first-order chi connectivity index (χ1) is 20.6. The van der Waals surface area contributed by atoms with Crippen molar-refractivity contribution in [2.75, 3.05) is 35.6 Å². The number of rotatable bonds is 15. The van der Waals surface area contributed by atoms with Crippen molar-refractivity contribution in [3.63, 3.8) is 0 Å².